The summed E-state index contributed by atoms with van der Waals surface area (Å²) in [6.07, 6.45) is 2.06. The predicted octanol–water partition coefficient (Wildman–Crippen LogP) is 1.75. The normalized spacial score (nSPS) is 20.9. The molecule has 0 saturated carbocycles. The highest BCUT2D eigenvalue weighted by Crippen LogP contribution is 2.21. The van der Waals surface area contributed by atoms with E-state index in [1.165, 1.54) is 0 Å². The molecule has 1 aromatic carbocycles. The number of amides is 1. The van der Waals surface area contributed by atoms with Crippen LogP contribution in [0.15, 0.2) is 24.3 Å². The number of ether oxygens (including phenoxy) is 2. The highest BCUT2D eigenvalue weighted by atomic mass is 16.5. The number of carbonyl (C=O) groups excluding carboxylic acids is 1. The van der Waals surface area contributed by atoms with Crippen molar-refractivity contribution in [3.05, 3.63) is 35.4 Å². The summed E-state index contributed by atoms with van der Waals surface area (Å²) in [6.45, 7) is 1.18. The molecular formula is C17H22N2O3. The van der Waals surface area contributed by atoms with Gasteiger partial charge >= 0.3 is 0 Å². The highest BCUT2D eigenvalue weighted by Gasteiger charge is 2.34. The Bertz CT molecular complexity index is 536. The zero-order valence-corrected chi connectivity index (χ0v) is 13.1. The number of hydrogen-bond acceptors (Lipinski definition) is 4. The Morgan fingerprint density at radius 2 is 2.09 bits per heavy atom. The molecule has 0 spiro atoms. The number of aryl methyl sites for hydroxylation is 1. The summed E-state index contributed by atoms with van der Waals surface area (Å²) in [4.78, 5) is 14.3. The molecule has 22 heavy (non-hydrogen) atoms. The summed E-state index contributed by atoms with van der Waals surface area (Å²) in [6, 6.07) is 9.56. The Kier molecular flexibility index (Phi) is 5.93. The zero-order chi connectivity index (χ0) is 15.9. The second kappa shape index (κ2) is 7.92. The van der Waals surface area contributed by atoms with E-state index in [2.05, 4.69) is 6.07 Å². The lowest BCUT2D eigenvalue weighted by molar-refractivity contribution is -0.133. The van der Waals surface area contributed by atoms with Gasteiger partial charge in [0, 0.05) is 27.2 Å². The Balaban J connectivity index is 1.91. The molecule has 1 aromatic rings. The molecule has 2 rings (SSSR count). The van der Waals surface area contributed by atoms with E-state index in [1.54, 1.807) is 26.4 Å². The van der Waals surface area contributed by atoms with Crippen molar-refractivity contribution in [2.24, 2.45) is 0 Å². The lowest BCUT2D eigenvalue weighted by Gasteiger charge is -2.23. The third kappa shape index (κ3) is 4.06. The number of nitriles is 1. The minimum absolute atomic E-state index is 0.0963. The van der Waals surface area contributed by atoms with Crippen LogP contribution < -0.4 is 0 Å². The van der Waals surface area contributed by atoms with Crippen molar-refractivity contribution in [1.82, 2.24) is 4.90 Å². The van der Waals surface area contributed by atoms with Gasteiger partial charge in [-0.3, -0.25) is 4.79 Å². The van der Waals surface area contributed by atoms with Crippen LogP contribution in [0.2, 0.25) is 0 Å². The lowest BCUT2D eigenvalue weighted by atomic mass is 10.1. The van der Waals surface area contributed by atoms with Gasteiger partial charge in [-0.15, -0.1) is 0 Å². The van der Waals surface area contributed by atoms with Crippen LogP contribution in [0.25, 0.3) is 0 Å². The lowest BCUT2D eigenvalue weighted by Crippen LogP contribution is -2.38. The van der Waals surface area contributed by atoms with E-state index in [1.807, 2.05) is 17.0 Å². The molecule has 1 fully saturated rings. The van der Waals surface area contributed by atoms with Gasteiger partial charge in [-0.05, 0) is 30.5 Å². The molecule has 5 heteroatoms. The Morgan fingerprint density at radius 3 is 2.68 bits per heavy atom. The van der Waals surface area contributed by atoms with E-state index in [0.29, 0.717) is 31.6 Å². The second-order valence-electron chi connectivity index (χ2n) is 5.56. The monoisotopic (exact) mass is 302 g/mol. The Morgan fingerprint density at radius 1 is 1.36 bits per heavy atom. The van der Waals surface area contributed by atoms with E-state index in [9.17, 15) is 4.79 Å². The second-order valence-corrected chi connectivity index (χ2v) is 5.56. The summed E-state index contributed by atoms with van der Waals surface area (Å²) in [5.74, 6) is 0.131. The molecule has 1 aliphatic rings. The first kappa shape index (κ1) is 16.5. The minimum Gasteiger partial charge on any atom is -0.383 e. The first-order chi connectivity index (χ1) is 10.7. The van der Waals surface area contributed by atoms with Crippen molar-refractivity contribution in [2.75, 3.05) is 27.4 Å². The van der Waals surface area contributed by atoms with E-state index in [4.69, 9.17) is 14.7 Å². The fraction of sp³-hybridized carbons (Fsp3) is 0.529. The number of hydrogen-bond donors (Lipinski definition) is 0. The van der Waals surface area contributed by atoms with Crippen LogP contribution in [0.3, 0.4) is 0 Å². The molecule has 0 aliphatic carbocycles. The van der Waals surface area contributed by atoms with Crippen LogP contribution in [-0.2, 0) is 20.7 Å². The van der Waals surface area contributed by atoms with Crippen molar-refractivity contribution in [1.29, 1.82) is 5.26 Å². The standard InChI is InChI=1S/C17H22N2O3/c1-21-12-15-9-16(22-2)11-19(15)17(20)8-7-13-3-5-14(10-18)6-4-13/h3-6,15-16H,7-9,11-12H2,1-2H3/t15-,16+/m0/s1. The van der Waals surface area contributed by atoms with Crippen LogP contribution in [0, 0.1) is 11.3 Å². The van der Waals surface area contributed by atoms with Gasteiger partial charge in [0.1, 0.15) is 0 Å². The van der Waals surface area contributed by atoms with Gasteiger partial charge in [-0.1, -0.05) is 12.1 Å². The summed E-state index contributed by atoms with van der Waals surface area (Å²) in [5.41, 5.74) is 1.70. The topological polar surface area (TPSA) is 62.6 Å². The number of carbonyl (C=O) groups is 1. The average molecular weight is 302 g/mol. The molecule has 1 heterocycles. The van der Waals surface area contributed by atoms with Crippen molar-refractivity contribution in [3.63, 3.8) is 0 Å². The number of nitrogens with zero attached hydrogens (tertiary/aromatic N) is 2. The van der Waals surface area contributed by atoms with Crippen molar-refractivity contribution < 1.29 is 14.3 Å². The number of likely N-dealkylation sites (tertiary alicyclic amines) is 1. The highest BCUT2D eigenvalue weighted by molar-refractivity contribution is 5.77. The molecule has 0 aromatic heterocycles. The molecule has 0 N–H and O–H groups in total. The first-order valence-electron chi connectivity index (χ1n) is 7.48. The van der Waals surface area contributed by atoms with Gasteiger partial charge in [0.25, 0.3) is 0 Å². The van der Waals surface area contributed by atoms with Crippen LogP contribution >= 0.6 is 0 Å². The maximum atomic E-state index is 12.5. The van der Waals surface area contributed by atoms with E-state index in [-0.39, 0.29) is 18.1 Å². The number of benzene rings is 1. The third-order valence-corrected chi connectivity index (χ3v) is 4.10. The third-order valence-electron chi connectivity index (χ3n) is 4.10. The molecule has 118 valence electrons. The first-order valence-corrected chi connectivity index (χ1v) is 7.48. The smallest absolute Gasteiger partial charge is 0.223 e. The zero-order valence-electron chi connectivity index (χ0n) is 13.1. The summed E-state index contributed by atoms with van der Waals surface area (Å²) in [7, 11) is 3.33. The molecule has 1 aliphatic heterocycles. The van der Waals surface area contributed by atoms with Gasteiger partial charge < -0.3 is 14.4 Å². The van der Waals surface area contributed by atoms with Crippen LogP contribution in [-0.4, -0.2) is 50.3 Å². The summed E-state index contributed by atoms with van der Waals surface area (Å²) >= 11 is 0. The quantitative estimate of drug-likeness (QED) is 0.803. The number of rotatable bonds is 6. The Labute approximate surface area is 131 Å². The fourth-order valence-electron chi connectivity index (χ4n) is 2.84. The Hall–Kier alpha value is -1.90. The minimum atomic E-state index is 0.0963. The molecule has 2 atom stereocenters. The van der Waals surface area contributed by atoms with Crippen molar-refractivity contribution >= 4 is 5.91 Å². The molecule has 1 saturated heterocycles. The number of methoxy groups -OCH3 is 2. The van der Waals surface area contributed by atoms with Crippen molar-refractivity contribution in [3.8, 4) is 6.07 Å². The summed E-state index contributed by atoms with van der Waals surface area (Å²) < 4.78 is 10.6. The van der Waals surface area contributed by atoms with E-state index < -0.39 is 0 Å². The van der Waals surface area contributed by atoms with Gasteiger partial charge in [0.15, 0.2) is 0 Å². The molecule has 0 unspecified atom stereocenters. The molecular weight excluding hydrogens is 280 g/mol. The van der Waals surface area contributed by atoms with E-state index >= 15 is 0 Å². The maximum absolute atomic E-state index is 12.5. The van der Waals surface area contributed by atoms with Crippen LogP contribution in [0.4, 0.5) is 0 Å². The molecule has 5 nitrogen and oxygen atoms in total. The van der Waals surface area contributed by atoms with E-state index in [0.717, 1.165) is 12.0 Å². The van der Waals surface area contributed by atoms with Crippen LogP contribution in [0.1, 0.15) is 24.0 Å². The fourth-order valence-corrected chi connectivity index (χ4v) is 2.84. The van der Waals surface area contributed by atoms with Gasteiger partial charge in [0.2, 0.25) is 5.91 Å². The SMILES string of the molecule is COC[C@@H]1C[C@@H](OC)CN1C(=O)CCc1ccc(C#N)cc1. The maximum Gasteiger partial charge on any atom is 0.223 e. The van der Waals surface area contributed by atoms with Crippen LogP contribution in [0.5, 0.6) is 0 Å². The molecule has 0 radical (unpaired) electrons. The predicted molar refractivity (Wildman–Crippen MR) is 82.3 cm³/mol. The van der Waals surface area contributed by atoms with Gasteiger partial charge in [0.05, 0.1) is 30.4 Å². The van der Waals surface area contributed by atoms with Gasteiger partial charge in [-0.2, -0.15) is 5.26 Å². The largest absolute Gasteiger partial charge is 0.383 e. The molecule has 1 amide bonds. The molecule has 0 bridgehead atoms. The summed E-state index contributed by atoms with van der Waals surface area (Å²) in [5, 5.41) is 8.78. The van der Waals surface area contributed by atoms with Gasteiger partial charge in [-0.25, -0.2) is 0 Å². The average Bonchev–Trinajstić information content (AvgIpc) is 2.96. The van der Waals surface area contributed by atoms with Crippen molar-refractivity contribution in [2.45, 2.75) is 31.4 Å².